The predicted molar refractivity (Wildman–Crippen MR) is 126 cm³/mol. The molecule has 1 N–H and O–H groups in total. The molecule has 0 radical (unpaired) electrons. The number of nitro benzene ring substituents is 1. The van der Waals surface area contributed by atoms with Gasteiger partial charge in [-0.25, -0.2) is 8.42 Å². The summed E-state index contributed by atoms with van der Waals surface area (Å²) >= 11 is 0. The molecule has 2 aromatic carbocycles. The number of nitro groups is 1. The maximum atomic E-state index is 13.2. The van der Waals surface area contributed by atoms with E-state index in [0.29, 0.717) is 35.7 Å². The van der Waals surface area contributed by atoms with Crippen LogP contribution in [0.4, 0.5) is 11.4 Å². The number of aliphatic hydroxyl groups is 1. The van der Waals surface area contributed by atoms with Gasteiger partial charge in [0.15, 0.2) is 0 Å². The van der Waals surface area contributed by atoms with Crippen molar-refractivity contribution in [1.82, 2.24) is 4.31 Å². The van der Waals surface area contributed by atoms with Gasteiger partial charge >= 0.3 is 0 Å². The summed E-state index contributed by atoms with van der Waals surface area (Å²) in [5, 5.41) is 22.9. The third-order valence-electron chi connectivity index (χ3n) is 6.53. The van der Waals surface area contributed by atoms with Crippen molar-refractivity contribution < 1.29 is 27.9 Å². The van der Waals surface area contributed by atoms with Gasteiger partial charge in [-0.3, -0.25) is 10.1 Å². The number of fused-ring (bicyclic) bond motifs is 1. The fourth-order valence-corrected chi connectivity index (χ4v) is 6.47. The molecule has 2 aliphatic rings. The number of piperidine rings is 1. The van der Waals surface area contributed by atoms with Crippen LogP contribution in [0.5, 0.6) is 11.5 Å². The average molecular weight is 492 g/mol. The third kappa shape index (κ3) is 4.30. The van der Waals surface area contributed by atoms with Crippen molar-refractivity contribution >= 4 is 21.4 Å². The Morgan fingerprint density at radius 3 is 2.47 bits per heavy atom. The molecule has 4 rings (SSSR count). The van der Waals surface area contributed by atoms with Gasteiger partial charge in [0.2, 0.25) is 10.0 Å². The normalized spacial score (nSPS) is 21.1. The molecule has 1 fully saturated rings. The number of hydrogen-bond acceptors (Lipinski definition) is 8. The molecule has 0 amide bonds. The number of nitrogens with zero attached hydrogens (tertiary/aromatic N) is 3. The molecule has 34 heavy (non-hydrogen) atoms. The molecular weight excluding hydrogens is 462 g/mol. The van der Waals surface area contributed by atoms with E-state index in [1.807, 2.05) is 6.92 Å². The van der Waals surface area contributed by atoms with E-state index in [4.69, 9.17) is 9.47 Å². The van der Waals surface area contributed by atoms with Crippen molar-refractivity contribution in [3.05, 3.63) is 51.6 Å². The lowest BCUT2D eigenvalue weighted by Gasteiger charge is -2.35. The van der Waals surface area contributed by atoms with Crippen LogP contribution in [0.25, 0.3) is 0 Å². The van der Waals surface area contributed by atoms with Crippen LogP contribution >= 0.6 is 0 Å². The van der Waals surface area contributed by atoms with Gasteiger partial charge in [-0.15, -0.1) is 0 Å². The minimum absolute atomic E-state index is 0.0765. The summed E-state index contributed by atoms with van der Waals surface area (Å²) in [7, 11) is -0.834. The van der Waals surface area contributed by atoms with Crippen LogP contribution in [0.1, 0.15) is 37.0 Å². The maximum absolute atomic E-state index is 13.2. The monoisotopic (exact) mass is 491 g/mol. The van der Waals surface area contributed by atoms with Gasteiger partial charge in [-0.05, 0) is 43.0 Å². The topological polar surface area (TPSA) is 122 Å². The van der Waals surface area contributed by atoms with E-state index >= 15 is 0 Å². The zero-order chi connectivity index (χ0) is 24.6. The number of rotatable bonds is 6. The second-order valence-electron chi connectivity index (χ2n) is 8.78. The molecule has 2 heterocycles. The first-order valence-electron chi connectivity index (χ1n) is 11.1. The minimum Gasteiger partial charge on any atom is -0.496 e. The van der Waals surface area contributed by atoms with E-state index in [-0.39, 0.29) is 35.3 Å². The number of methoxy groups -OCH3 is 2. The molecule has 0 bridgehead atoms. The predicted octanol–water partition coefficient (Wildman–Crippen LogP) is 3.09. The standard InChI is InChI=1S/C23H29N3O7S/c1-15-5-4-10-25(12-15)34(30,31)16-6-7-18(19(11-16)26(28)29)24-13-17-21(32-2)8-9-22(33-3)23(17)20(27)14-24/h6-9,11,15,20,27H,4-5,10,12-14H2,1-3H3. The lowest BCUT2D eigenvalue weighted by molar-refractivity contribution is -0.384. The SMILES string of the molecule is COc1ccc(OC)c2c1CN(c1ccc(S(=O)(=O)N3CCCC(C)C3)cc1[N+](=O)[O-])CC2O. The summed E-state index contributed by atoms with van der Waals surface area (Å²) in [5.74, 6) is 1.27. The molecule has 0 spiro atoms. The lowest BCUT2D eigenvalue weighted by Crippen LogP contribution is -2.39. The van der Waals surface area contributed by atoms with Crippen LogP contribution in [0, 0.1) is 16.0 Å². The van der Waals surface area contributed by atoms with Crippen molar-refractivity contribution in [2.45, 2.75) is 37.3 Å². The number of hydrogen-bond donors (Lipinski definition) is 1. The summed E-state index contributed by atoms with van der Waals surface area (Å²) in [6, 6.07) is 7.40. The van der Waals surface area contributed by atoms with Crippen molar-refractivity contribution in [3.8, 4) is 11.5 Å². The highest BCUT2D eigenvalue weighted by Gasteiger charge is 2.35. The maximum Gasteiger partial charge on any atom is 0.293 e. The van der Waals surface area contributed by atoms with Crippen molar-refractivity contribution in [3.63, 3.8) is 0 Å². The molecule has 11 heteroatoms. The first-order chi connectivity index (χ1) is 16.2. The Hall–Kier alpha value is -2.89. The zero-order valence-electron chi connectivity index (χ0n) is 19.4. The fraction of sp³-hybridized carbons (Fsp3) is 0.478. The Kier molecular flexibility index (Phi) is 6.70. The molecule has 2 aliphatic heterocycles. The lowest BCUT2D eigenvalue weighted by atomic mass is 9.94. The van der Waals surface area contributed by atoms with E-state index < -0.39 is 21.1 Å². The molecule has 2 unspecified atom stereocenters. The van der Waals surface area contributed by atoms with Crippen LogP contribution in [-0.2, 0) is 16.6 Å². The van der Waals surface area contributed by atoms with Crippen LogP contribution in [0.3, 0.4) is 0 Å². The highest BCUT2D eigenvalue weighted by molar-refractivity contribution is 7.89. The summed E-state index contributed by atoms with van der Waals surface area (Å²) < 4.78 is 38.6. The van der Waals surface area contributed by atoms with E-state index in [9.17, 15) is 23.6 Å². The largest absolute Gasteiger partial charge is 0.496 e. The van der Waals surface area contributed by atoms with Gasteiger partial charge in [0.05, 0.1) is 24.0 Å². The third-order valence-corrected chi connectivity index (χ3v) is 8.39. The van der Waals surface area contributed by atoms with Gasteiger partial charge in [0.25, 0.3) is 5.69 Å². The minimum atomic E-state index is -3.85. The molecule has 2 atom stereocenters. The van der Waals surface area contributed by atoms with Gasteiger partial charge in [-0.2, -0.15) is 4.31 Å². The quantitative estimate of drug-likeness (QED) is 0.483. The number of aliphatic hydroxyl groups excluding tert-OH is 1. The molecule has 10 nitrogen and oxygen atoms in total. The molecule has 2 aromatic rings. The van der Waals surface area contributed by atoms with Gasteiger partial charge < -0.3 is 19.5 Å². The second kappa shape index (κ2) is 9.40. The van der Waals surface area contributed by atoms with Crippen LogP contribution in [0.15, 0.2) is 35.2 Å². The highest BCUT2D eigenvalue weighted by Crippen LogP contribution is 2.43. The first-order valence-corrected chi connectivity index (χ1v) is 12.6. The van der Waals surface area contributed by atoms with E-state index in [2.05, 4.69) is 0 Å². The zero-order valence-corrected chi connectivity index (χ0v) is 20.2. The second-order valence-corrected chi connectivity index (χ2v) is 10.7. The molecule has 0 aliphatic carbocycles. The number of β-amino-alcohol motifs (C(OH)–C–C–N with tert-alkyl or cyclic N) is 1. The Bertz CT molecular complexity index is 1200. The molecular formula is C23H29N3O7S. The number of benzene rings is 2. The number of sulfonamides is 1. The number of ether oxygens (including phenoxy) is 2. The Morgan fingerprint density at radius 1 is 1.12 bits per heavy atom. The van der Waals surface area contributed by atoms with Crippen LogP contribution in [-0.4, -0.2) is 56.6 Å². The summed E-state index contributed by atoms with van der Waals surface area (Å²) in [6.45, 7) is 3.10. The van der Waals surface area contributed by atoms with Crippen molar-refractivity contribution in [2.24, 2.45) is 5.92 Å². The average Bonchev–Trinajstić information content (AvgIpc) is 2.82. The van der Waals surface area contributed by atoms with Gasteiger partial charge in [0, 0.05) is 43.4 Å². The Morgan fingerprint density at radius 2 is 1.82 bits per heavy atom. The summed E-state index contributed by atoms with van der Waals surface area (Å²) in [6.07, 6.45) is 0.737. The smallest absolute Gasteiger partial charge is 0.293 e. The first kappa shape index (κ1) is 24.2. The highest BCUT2D eigenvalue weighted by atomic mass is 32.2. The van der Waals surface area contributed by atoms with Crippen molar-refractivity contribution in [2.75, 3.05) is 38.8 Å². The summed E-state index contributed by atoms with van der Waals surface area (Å²) in [4.78, 5) is 13.0. The van der Waals surface area contributed by atoms with Gasteiger partial charge in [0.1, 0.15) is 23.3 Å². The van der Waals surface area contributed by atoms with E-state index in [1.54, 1.807) is 17.0 Å². The number of anilines is 1. The van der Waals surface area contributed by atoms with Gasteiger partial charge in [-0.1, -0.05) is 6.92 Å². The molecule has 1 saturated heterocycles. The fourth-order valence-electron chi connectivity index (χ4n) is 4.85. The molecule has 0 saturated carbocycles. The van der Waals surface area contributed by atoms with E-state index in [1.165, 1.54) is 30.7 Å². The Balaban J connectivity index is 1.73. The van der Waals surface area contributed by atoms with E-state index in [0.717, 1.165) is 18.9 Å². The van der Waals surface area contributed by atoms with Crippen LogP contribution in [0.2, 0.25) is 0 Å². The molecule has 0 aromatic heterocycles. The molecule has 184 valence electrons. The summed E-state index contributed by atoms with van der Waals surface area (Å²) in [5.41, 5.74) is 1.14. The van der Waals surface area contributed by atoms with Crippen LogP contribution < -0.4 is 14.4 Å². The van der Waals surface area contributed by atoms with Crippen molar-refractivity contribution in [1.29, 1.82) is 0 Å². The Labute approximate surface area is 198 Å².